The number of likely N-dealkylation sites (N-methyl/N-ethyl adjacent to an activating group) is 1. The average molecular weight is 300 g/mol. The predicted octanol–water partition coefficient (Wildman–Crippen LogP) is 2.26. The van der Waals surface area contributed by atoms with E-state index >= 15 is 0 Å². The van der Waals surface area contributed by atoms with E-state index in [2.05, 4.69) is 22.9 Å². The molecule has 1 aromatic heterocycles. The molecule has 2 bridgehead atoms. The molecule has 3 saturated heterocycles. The Hall–Kier alpha value is -0.130. The summed E-state index contributed by atoms with van der Waals surface area (Å²) in [4.78, 5) is 6.38. The number of hydrogen-bond acceptors (Lipinski definition) is 4. The zero-order chi connectivity index (χ0) is 13.5. The van der Waals surface area contributed by atoms with E-state index in [4.69, 9.17) is 17.3 Å². The van der Waals surface area contributed by atoms with Gasteiger partial charge in [0.1, 0.15) is 0 Å². The number of thiophene rings is 1. The zero-order valence-corrected chi connectivity index (χ0v) is 13.0. The quantitative estimate of drug-likeness (QED) is 0.925. The molecule has 3 nitrogen and oxygen atoms in total. The number of piperidine rings is 3. The zero-order valence-electron chi connectivity index (χ0n) is 11.4. The summed E-state index contributed by atoms with van der Waals surface area (Å²) < 4.78 is 0.874. The average Bonchev–Trinajstić information content (AvgIpc) is 2.85. The molecule has 0 saturated carbocycles. The van der Waals surface area contributed by atoms with Crippen LogP contribution in [0.3, 0.4) is 0 Å². The molecule has 0 radical (unpaired) electrons. The van der Waals surface area contributed by atoms with Gasteiger partial charge in [-0.2, -0.15) is 0 Å². The topological polar surface area (TPSA) is 32.5 Å². The lowest BCUT2D eigenvalue weighted by Gasteiger charge is -2.57. The van der Waals surface area contributed by atoms with Crippen LogP contribution in [0.4, 0.5) is 0 Å². The first kappa shape index (κ1) is 13.8. The SMILES string of the molecule is CN(Cc1ccc(Cl)s1)C1(CN)CN2CCC1CC2. The van der Waals surface area contributed by atoms with Gasteiger partial charge in [-0.15, -0.1) is 11.3 Å². The third-order valence-corrected chi connectivity index (χ3v) is 6.20. The van der Waals surface area contributed by atoms with Gasteiger partial charge in [0.2, 0.25) is 0 Å². The van der Waals surface area contributed by atoms with E-state index in [1.54, 1.807) is 11.3 Å². The number of nitrogens with zero attached hydrogens (tertiary/aromatic N) is 2. The van der Waals surface area contributed by atoms with Crippen LogP contribution in [0.5, 0.6) is 0 Å². The van der Waals surface area contributed by atoms with Crippen LogP contribution in [0.15, 0.2) is 12.1 Å². The molecule has 4 rings (SSSR count). The molecule has 19 heavy (non-hydrogen) atoms. The normalized spacial score (nSPS) is 34.1. The minimum atomic E-state index is 0.160. The Kier molecular flexibility index (Phi) is 3.89. The highest BCUT2D eigenvalue weighted by molar-refractivity contribution is 7.16. The van der Waals surface area contributed by atoms with Crippen molar-refractivity contribution in [3.05, 3.63) is 21.3 Å². The van der Waals surface area contributed by atoms with Gasteiger partial charge in [0, 0.05) is 30.1 Å². The van der Waals surface area contributed by atoms with Gasteiger partial charge in [0.05, 0.1) is 4.34 Å². The third-order valence-electron chi connectivity index (χ3n) is 4.98. The van der Waals surface area contributed by atoms with Gasteiger partial charge >= 0.3 is 0 Å². The summed E-state index contributed by atoms with van der Waals surface area (Å²) in [5.41, 5.74) is 6.35. The van der Waals surface area contributed by atoms with Gasteiger partial charge in [-0.1, -0.05) is 11.6 Å². The van der Waals surface area contributed by atoms with Crippen molar-refractivity contribution in [1.82, 2.24) is 9.80 Å². The molecule has 0 aromatic carbocycles. The number of halogens is 1. The van der Waals surface area contributed by atoms with Crippen LogP contribution in [0.2, 0.25) is 4.34 Å². The van der Waals surface area contributed by atoms with E-state index in [0.29, 0.717) is 0 Å². The summed E-state index contributed by atoms with van der Waals surface area (Å²) in [6.45, 7) is 5.35. The van der Waals surface area contributed by atoms with Gasteiger partial charge < -0.3 is 10.6 Å². The van der Waals surface area contributed by atoms with Crippen molar-refractivity contribution in [2.45, 2.75) is 24.9 Å². The van der Waals surface area contributed by atoms with Gasteiger partial charge in [-0.05, 0) is 51.0 Å². The summed E-state index contributed by atoms with van der Waals surface area (Å²) in [6.07, 6.45) is 2.60. The molecule has 3 fully saturated rings. The Bertz CT molecular complexity index is 442. The van der Waals surface area contributed by atoms with Crippen molar-refractivity contribution in [2.75, 3.05) is 33.2 Å². The molecule has 5 heteroatoms. The van der Waals surface area contributed by atoms with Crippen molar-refractivity contribution in [1.29, 1.82) is 0 Å². The summed E-state index contributed by atoms with van der Waals surface area (Å²) >= 11 is 7.71. The summed E-state index contributed by atoms with van der Waals surface area (Å²) in [6, 6.07) is 4.12. The second-order valence-corrected chi connectivity index (χ2v) is 7.72. The monoisotopic (exact) mass is 299 g/mol. The first-order chi connectivity index (χ1) is 9.14. The van der Waals surface area contributed by atoms with Gasteiger partial charge in [-0.25, -0.2) is 0 Å². The van der Waals surface area contributed by atoms with Crippen LogP contribution < -0.4 is 5.73 Å². The van der Waals surface area contributed by atoms with Crippen LogP contribution in [0.25, 0.3) is 0 Å². The lowest BCUT2D eigenvalue weighted by molar-refractivity contribution is -0.0592. The van der Waals surface area contributed by atoms with Crippen molar-refractivity contribution in [2.24, 2.45) is 11.7 Å². The fourth-order valence-electron chi connectivity index (χ4n) is 3.79. The second-order valence-electron chi connectivity index (χ2n) is 5.92. The first-order valence-corrected chi connectivity index (χ1v) is 8.21. The Morgan fingerprint density at radius 1 is 1.47 bits per heavy atom. The molecule has 3 aliphatic rings. The lowest BCUT2D eigenvalue weighted by atomic mass is 9.72. The molecule has 1 aromatic rings. The second kappa shape index (κ2) is 5.34. The van der Waals surface area contributed by atoms with Crippen LogP contribution in [0, 0.1) is 5.92 Å². The molecular weight excluding hydrogens is 278 g/mol. The van der Waals surface area contributed by atoms with Crippen LogP contribution in [-0.2, 0) is 6.54 Å². The molecule has 3 aliphatic heterocycles. The van der Waals surface area contributed by atoms with Crippen LogP contribution in [-0.4, -0.2) is 48.6 Å². The van der Waals surface area contributed by atoms with Crippen molar-refractivity contribution < 1.29 is 0 Å². The third kappa shape index (κ3) is 2.45. The summed E-state index contributed by atoms with van der Waals surface area (Å²) in [7, 11) is 2.22. The standard InChI is InChI=1S/C14H22ClN3S/c1-17(8-12-2-3-13(15)19-12)14(9-16)10-18-6-4-11(14)5-7-18/h2-3,11H,4-10,16H2,1H3. The van der Waals surface area contributed by atoms with Crippen LogP contribution in [0.1, 0.15) is 17.7 Å². The smallest absolute Gasteiger partial charge is 0.0931 e. The highest BCUT2D eigenvalue weighted by Gasteiger charge is 2.48. The minimum absolute atomic E-state index is 0.160. The number of fused-ring (bicyclic) bond motifs is 3. The maximum Gasteiger partial charge on any atom is 0.0931 e. The fraction of sp³-hybridized carbons (Fsp3) is 0.714. The number of rotatable bonds is 4. The predicted molar refractivity (Wildman–Crippen MR) is 81.7 cm³/mol. The van der Waals surface area contributed by atoms with E-state index in [1.807, 2.05) is 6.07 Å². The Morgan fingerprint density at radius 3 is 2.68 bits per heavy atom. The number of hydrogen-bond donors (Lipinski definition) is 1. The Morgan fingerprint density at radius 2 is 2.21 bits per heavy atom. The highest BCUT2D eigenvalue weighted by Crippen LogP contribution is 2.39. The molecule has 0 aliphatic carbocycles. The fourth-order valence-corrected chi connectivity index (χ4v) is 4.93. The van der Waals surface area contributed by atoms with Gasteiger partial charge in [0.25, 0.3) is 0 Å². The maximum absolute atomic E-state index is 6.19. The molecule has 0 amide bonds. The van der Waals surface area contributed by atoms with E-state index in [0.717, 1.165) is 29.9 Å². The Labute approximate surface area is 124 Å². The molecule has 4 heterocycles. The molecule has 2 N–H and O–H groups in total. The molecule has 106 valence electrons. The molecule has 1 atom stereocenters. The van der Waals surface area contributed by atoms with E-state index in [1.165, 1.54) is 30.8 Å². The number of nitrogens with two attached hydrogens (primary N) is 1. The van der Waals surface area contributed by atoms with Crippen molar-refractivity contribution in [3.63, 3.8) is 0 Å². The van der Waals surface area contributed by atoms with Gasteiger partial charge in [-0.3, -0.25) is 4.90 Å². The largest absolute Gasteiger partial charge is 0.329 e. The van der Waals surface area contributed by atoms with E-state index < -0.39 is 0 Å². The first-order valence-electron chi connectivity index (χ1n) is 7.02. The van der Waals surface area contributed by atoms with Crippen molar-refractivity contribution >= 4 is 22.9 Å². The minimum Gasteiger partial charge on any atom is -0.329 e. The van der Waals surface area contributed by atoms with E-state index in [9.17, 15) is 0 Å². The highest BCUT2D eigenvalue weighted by atomic mass is 35.5. The maximum atomic E-state index is 6.19. The molecular formula is C14H22ClN3S. The van der Waals surface area contributed by atoms with Gasteiger partial charge in [0.15, 0.2) is 0 Å². The van der Waals surface area contributed by atoms with Crippen LogP contribution >= 0.6 is 22.9 Å². The molecule has 1 unspecified atom stereocenters. The van der Waals surface area contributed by atoms with Crippen molar-refractivity contribution in [3.8, 4) is 0 Å². The summed E-state index contributed by atoms with van der Waals surface area (Å²) in [5.74, 6) is 0.753. The Balaban J connectivity index is 1.77. The summed E-state index contributed by atoms with van der Waals surface area (Å²) in [5, 5.41) is 0. The van der Waals surface area contributed by atoms with E-state index in [-0.39, 0.29) is 5.54 Å². The molecule has 0 spiro atoms. The lowest BCUT2D eigenvalue weighted by Crippen LogP contribution is -2.68.